The molecule has 0 radical (unpaired) electrons. The van der Waals surface area contributed by atoms with Crippen molar-refractivity contribution in [2.24, 2.45) is 5.73 Å². The van der Waals surface area contributed by atoms with E-state index in [1.807, 2.05) is 0 Å². The zero-order valence-corrected chi connectivity index (χ0v) is 17.5. The molecular formula is C20H19Cl2N5O3. The van der Waals surface area contributed by atoms with Gasteiger partial charge in [-0.05, 0) is 36.4 Å². The quantitative estimate of drug-likeness (QED) is 0.458. The highest BCUT2D eigenvalue weighted by molar-refractivity contribution is 6.37. The third-order valence-electron chi connectivity index (χ3n) is 4.13. The Morgan fingerprint density at radius 2 is 1.80 bits per heavy atom. The smallest absolute Gasteiger partial charge is 0.271 e. The van der Waals surface area contributed by atoms with E-state index < -0.39 is 5.91 Å². The van der Waals surface area contributed by atoms with Gasteiger partial charge in [0.1, 0.15) is 5.69 Å². The molecule has 0 fully saturated rings. The van der Waals surface area contributed by atoms with Crippen molar-refractivity contribution in [3.63, 3.8) is 0 Å². The number of primary amides is 1. The van der Waals surface area contributed by atoms with Crippen LogP contribution in [0, 0.1) is 0 Å². The van der Waals surface area contributed by atoms with Gasteiger partial charge in [0.15, 0.2) is 5.69 Å². The maximum Gasteiger partial charge on any atom is 0.271 e. The Kier molecular flexibility index (Phi) is 6.94. The van der Waals surface area contributed by atoms with Gasteiger partial charge in [0.25, 0.3) is 11.8 Å². The summed E-state index contributed by atoms with van der Waals surface area (Å²) in [7, 11) is 1.56. The van der Waals surface area contributed by atoms with Gasteiger partial charge in [0, 0.05) is 24.9 Å². The van der Waals surface area contributed by atoms with Crippen LogP contribution in [0.15, 0.2) is 48.7 Å². The van der Waals surface area contributed by atoms with Gasteiger partial charge in [-0.15, -0.1) is 0 Å². The summed E-state index contributed by atoms with van der Waals surface area (Å²) in [5, 5.41) is 10.8. The summed E-state index contributed by atoms with van der Waals surface area (Å²) < 4.78 is 6.30. The molecule has 4 N–H and O–H groups in total. The molecule has 3 rings (SSSR count). The molecule has 1 heterocycles. The maximum absolute atomic E-state index is 12.1. The Bertz CT molecular complexity index is 1050. The Balaban J connectivity index is 1.83. The molecule has 0 atom stereocenters. The van der Waals surface area contributed by atoms with Crippen molar-refractivity contribution < 1.29 is 14.3 Å². The van der Waals surface area contributed by atoms with Gasteiger partial charge in [0.05, 0.1) is 28.5 Å². The summed E-state index contributed by atoms with van der Waals surface area (Å²) >= 11 is 12.5. The minimum Gasteiger partial charge on any atom is -0.383 e. The molecular weight excluding hydrogens is 429 g/mol. The first-order valence-corrected chi connectivity index (χ1v) is 9.64. The number of rotatable bonds is 8. The standard InChI is InChI=1S/C20H19Cl2N5O3/c1-30-10-9-24-20(29)12-5-7-13(8-6-12)25-16-11-27(26-17(16)19(23)28)18-14(21)3-2-4-15(18)22/h2-8,11,25H,9-10H2,1H3,(H2,23,28)(H,24,29). The molecule has 10 heteroatoms. The summed E-state index contributed by atoms with van der Waals surface area (Å²) in [6.07, 6.45) is 1.57. The zero-order chi connectivity index (χ0) is 21.7. The van der Waals surface area contributed by atoms with Gasteiger partial charge in [-0.1, -0.05) is 29.3 Å². The van der Waals surface area contributed by atoms with E-state index in [1.54, 1.807) is 55.8 Å². The van der Waals surface area contributed by atoms with Gasteiger partial charge < -0.3 is 21.1 Å². The van der Waals surface area contributed by atoms with Crippen molar-refractivity contribution in [2.45, 2.75) is 0 Å². The number of hydrogen-bond donors (Lipinski definition) is 3. The second-order valence-corrected chi connectivity index (χ2v) is 7.04. The van der Waals surface area contributed by atoms with Crippen molar-refractivity contribution in [3.05, 3.63) is 70.0 Å². The number of nitrogens with one attached hydrogen (secondary N) is 2. The van der Waals surface area contributed by atoms with E-state index in [0.717, 1.165) is 0 Å². The van der Waals surface area contributed by atoms with Crippen LogP contribution in [0.25, 0.3) is 5.69 Å². The minimum absolute atomic E-state index is 0.0207. The zero-order valence-electron chi connectivity index (χ0n) is 16.0. The van der Waals surface area contributed by atoms with Crippen LogP contribution in [0.5, 0.6) is 0 Å². The highest BCUT2D eigenvalue weighted by atomic mass is 35.5. The van der Waals surface area contributed by atoms with Crippen LogP contribution >= 0.6 is 23.2 Å². The van der Waals surface area contributed by atoms with Crippen LogP contribution in [0.3, 0.4) is 0 Å². The first-order chi connectivity index (χ1) is 14.4. The lowest BCUT2D eigenvalue weighted by molar-refractivity contribution is 0.0936. The summed E-state index contributed by atoms with van der Waals surface area (Å²) in [5.41, 5.74) is 7.42. The number of anilines is 2. The number of hydrogen-bond acceptors (Lipinski definition) is 5. The molecule has 0 aliphatic carbocycles. The predicted octanol–water partition coefficient (Wildman–Crippen LogP) is 3.40. The molecule has 0 spiro atoms. The van der Waals surface area contributed by atoms with E-state index in [9.17, 15) is 9.59 Å². The molecule has 0 aliphatic heterocycles. The first kappa shape index (κ1) is 21.6. The minimum atomic E-state index is -0.714. The SMILES string of the molecule is COCCNC(=O)c1ccc(Nc2cn(-c3c(Cl)cccc3Cl)nc2C(N)=O)cc1. The number of aromatic nitrogens is 2. The molecule has 2 amide bonds. The molecule has 0 aliphatic rings. The van der Waals surface area contributed by atoms with Gasteiger partial charge in [-0.3, -0.25) is 9.59 Å². The van der Waals surface area contributed by atoms with Crippen LogP contribution in [0.1, 0.15) is 20.8 Å². The van der Waals surface area contributed by atoms with Crippen molar-refractivity contribution in [1.29, 1.82) is 0 Å². The fraction of sp³-hybridized carbons (Fsp3) is 0.150. The Labute approximate surface area is 182 Å². The summed E-state index contributed by atoms with van der Waals surface area (Å²) in [4.78, 5) is 23.9. The fourth-order valence-corrected chi connectivity index (χ4v) is 3.27. The number of carbonyl (C=O) groups excluding carboxylic acids is 2. The fourth-order valence-electron chi connectivity index (χ4n) is 2.70. The van der Waals surface area contributed by atoms with Crippen LogP contribution in [-0.4, -0.2) is 41.9 Å². The predicted molar refractivity (Wildman–Crippen MR) is 116 cm³/mol. The second-order valence-electron chi connectivity index (χ2n) is 6.22. The van der Waals surface area contributed by atoms with Gasteiger partial charge in [-0.25, -0.2) is 4.68 Å². The summed E-state index contributed by atoms with van der Waals surface area (Å²) in [6.45, 7) is 0.849. The van der Waals surface area contributed by atoms with Crippen LogP contribution in [-0.2, 0) is 4.74 Å². The Hall–Kier alpha value is -3.07. The van der Waals surface area contributed by atoms with E-state index in [2.05, 4.69) is 15.7 Å². The number of benzene rings is 2. The largest absolute Gasteiger partial charge is 0.383 e. The van der Waals surface area contributed by atoms with Crippen molar-refractivity contribution in [1.82, 2.24) is 15.1 Å². The number of amides is 2. The van der Waals surface area contributed by atoms with Crippen LogP contribution in [0.4, 0.5) is 11.4 Å². The van der Waals surface area contributed by atoms with E-state index >= 15 is 0 Å². The molecule has 0 unspecified atom stereocenters. The van der Waals surface area contributed by atoms with Crippen molar-refractivity contribution in [3.8, 4) is 5.69 Å². The molecule has 156 valence electrons. The molecule has 8 nitrogen and oxygen atoms in total. The Morgan fingerprint density at radius 3 is 2.40 bits per heavy atom. The number of ether oxygens (including phenoxy) is 1. The lowest BCUT2D eigenvalue weighted by atomic mass is 10.2. The van der Waals surface area contributed by atoms with Crippen molar-refractivity contribution >= 4 is 46.4 Å². The second kappa shape index (κ2) is 9.62. The van der Waals surface area contributed by atoms with E-state index in [1.165, 1.54) is 4.68 Å². The third kappa shape index (κ3) is 4.91. The average Bonchev–Trinajstić information content (AvgIpc) is 3.12. The molecule has 0 saturated carbocycles. The monoisotopic (exact) mass is 447 g/mol. The number of halogens is 2. The van der Waals surface area contributed by atoms with E-state index in [4.69, 9.17) is 33.7 Å². The van der Waals surface area contributed by atoms with Gasteiger partial charge in [-0.2, -0.15) is 5.10 Å². The maximum atomic E-state index is 12.1. The van der Waals surface area contributed by atoms with E-state index in [-0.39, 0.29) is 11.6 Å². The topological polar surface area (TPSA) is 111 Å². The highest BCUT2D eigenvalue weighted by Gasteiger charge is 2.18. The van der Waals surface area contributed by atoms with E-state index in [0.29, 0.717) is 45.8 Å². The number of nitrogens with two attached hydrogens (primary N) is 1. The van der Waals surface area contributed by atoms with Crippen LogP contribution in [0.2, 0.25) is 10.0 Å². The molecule has 0 bridgehead atoms. The molecule has 2 aromatic carbocycles. The van der Waals surface area contributed by atoms with Gasteiger partial charge in [0.2, 0.25) is 0 Å². The first-order valence-electron chi connectivity index (χ1n) is 8.88. The number of carbonyl (C=O) groups is 2. The molecule has 0 saturated heterocycles. The molecule has 30 heavy (non-hydrogen) atoms. The lowest BCUT2D eigenvalue weighted by Crippen LogP contribution is -2.26. The third-order valence-corrected chi connectivity index (χ3v) is 4.74. The average molecular weight is 448 g/mol. The molecule has 1 aromatic heterocycles. The normalized spacial score (nSPS) is 10.6. The lowest BCUT2D eigenvalue weighted by Gasteiger charge is -2.08. The summed E-state index contributed by atoms with van der Waals surface area (Å²) in [6, 6.07) is 11.8. The van der Waals surface area contributed by atoms with Crippen molar-refractivity contribution in [2.75, 3.05) is 25.6 Å². The van der Waals surface area contributed by atoms with Crippen LogP contribution < -0.4 is 16.4 Å². The Morgan fingerprint density at radius 1 is 1.13 bits per heavy atom. The number of methoxy groups -OCH3 is 1. The number of para-hydroxylation sites is 1. The summed E-state index contributed by atoms with van der Waals surface area (Å²) in [5.74, 6) is -0.925. The number of nitrogens with zero attached hydrogens (tertiary/aromatic N) is 2. The molecule has 3 aromatic rings. The van der Waals surface area contributed by atoms with Gasteiger partial charge >= 0.3 is 0 Å². The highest BCUT2D eigenvalue weighted by Crippen LogP contribution is 2.30.